The molecule has 1 aromatic carbocycles. The van der Waals surface area contributed by atoms with Gasteiger partial charge in [0.05, 0.1) is 0 Å². The van der Waals surface area contributed by atoms with E-state index in [9.17, 15) is 4.79 Å². The maximum Gasteiger partial charge on any atom is 0.247 e. The second-order valence-electron chi connectivity index (χ2n) is 5.49. The molecule has 3 rings (SSSR count). The molecule has 0 bridgehead atoms. The van der Waals surface area contributed by atoms with Gasteiger partial charge in [-0.1, -0.05) is 24.3 Å². The fourth-order valence-corrected chi connectivity index (χ4v) is 2.20. The van der Waals surface area contributed by atoms with Gasteiger partial charge in [0.15, 0.2) is 0 Å². The van der Waals surface area contributed by atoms with Gasteiger partial charge in [0.25, 0.3) is 0 Å². The summed E-state index contributed by atoms with van der Waals surface area (Å²) in [6, 6.07) is 13.3. The van der Waals surface area contributed by atoms with Crippen molar-refractivity contribution in [2.45, 2.75) is 26.2 Å². The van der Waals surface area contributed by atoms with Gasteiger partial charge in [0.2, 0.25) is 17.7 Å². The van der Waals surface area contributed by atoms with E-state index < -0.39 is 0 Å². The lowest BCUT2D eigenvalue weighted by atomic mass is 10.2. The molecular weight excluding hydrogens is 304 g/mol. The quantitative estimate of drug-likeness (QED) is 0.752. The third-order valence-corrected chi connectivity index (χ3v) is 3.46. The Bertz CT molecular complexity index is 797. The molecule has 0 saturated carbocycles. The van der Waals surface area contributed by atoms with E-state index in [2.05, 4.69) is 20.5 Å². The fourth-order valence-electron chi connectivity index (χ4n) is 2.20. The zero-order valence-electron chi connectivity index (χ0n) is 13.4. The third-order valence-electron chi connectivity index (χ3n) is 3.46. The number of carbonyl (C=O) groups is 1. The van der Waals surface area contributed by atoms with E-state index in [1.165, 1.54) is 0 Å². The zero-order chi connectivity index (χ0) is 16.8. The molecule has 0 atom stereocenters. The summed E-state index contributed by atoms with van der Waals surface area (Å²) in [5, 5.41) is 10.8. The molecule has 3 aromatic rings. The smallest absolute Gasteiger partial charge is 0.247 e. The van der Waals surface area contributed by atoms with Crippen LogP contribution in [0.1, 0.15) is 24.3 Å². The number of hydrogen-bond acceptors (Lipinski definition) is 5. The van der Waals surface area contributed by atoms with Crippen LogP contribution in [0, 0.1) is 6.92 Å². The molecule has 6 nitrogen and oxygen atoms in total. The van der Waals surface area contributed by atoms with Crippen LogP contribution in [0.2, 0.25) is 0 Å². The van der Waals surface area contributed by atoms with Crippen LogP contribution in [-0.4, -0.2) is 21.1 Å². The van der Waals surface area contributed by atoms with Gasteiger partial charge in [0, 0.05) is 24.6 Å². The van der Waals surface area contributed by atoms with Crippen LogP contribution in [-0.2, 0) is 11.2 Å². The lowest BCUT2D eigenvalue weighted by molar-refractivity contribution is -0.116. The van der Waals surface area contributed by atoms with Crippen LogP contribution in [0.25, 0.3) is 11.5 Å². The predicted octanol–water partition coefficient (Wildman–Crippen LogP) is 3.40. The second kappa shape index (κ2) is 7.50. The summed E-state index contributed by atoms with van der Waals surface area (Å²) < 4.78 is 5.62. The highest BCUT2D eigenvalue weighted by molar-refractivity contribution is 5.89. The Morgan fingerprint density at radius 3 is 2.71 bits per heavy atom. The average molecular weight is 322 g/mol. The van der Waals surface area contributed by atoms with Crippen molar-refractivity contribution in [3.63, 3.8) is 0 Å². The van der Waals surface area contributed by atoms with E-state index in [-0.39, 0.29) is 5.91 Å². The molecule has 24 heavy (non-hydrogen) atoms. The number of anilines is 1. The molecule has 0 saturated heterocycles. The summed E-state index contributed by atoms with van der Waals surface area (Å²) in [6.45, 7) is 1.95. The summed E-state index contributed by atoms with van der Waals surface area (Å²) >= 11 is 0. The summed E-state index contributed by atoms with van der Waals surface area (Å²) in [6.07, 6.45) is 3.29. The molecule has 1 N–H and O–H groups in total. The molecule has 2 aromatic heterocycles. The standard InChI is InChI=1S/C18H18N4O2/c1-13-10-11-15(19-12-13)20-16(23)8-5-9-17-21-22-18(24-17)14-6-3-2-4-7-14/h2-4,6-7,10-12H,5,8-9H2,1H3,(H,19,20,23). The van der Waals surface area contributed by atoms with Gasteiger partial charge in [-0.05, 0) is 37.1 Å². The number of rotatable bonds is 6. The second-order valence-corrected chi connectivity index (χ2v) is 5.49. The number of hydrogen-bond donors (Lipinski definition) is 1. The first kappa shape index (κ1) is 15.9. The van der Waals surface area contributed by atoms with E-state index in [1.807, 2.05) is 43.3 Å². The highest BCUT2D eigenvalue weighted by Gasteiger charge is 2.09. The molecule has 0 fully saturated rings. The van der Waals surface area contributed by atoms with Crippen LogP contribution in [0.15, 0.2) is 53.1 Å². The van der Waals surface area contributed by atoms with Crippen molar-refractivity contribution in [2.24, 2.45) is 0 Å². The fraction of sp³-hybridized carbons (Fsp3) is 0.222. The van der Waals surface area contributed by atoms with E-state index in [1.54, 1.807) is 12.3 Å². The van der Waals surface area contributed by atoms with Gasteiger partial charge in [-0.2, -0.15) is 0 Å². The van der Waals surface area contributed by atoms with Gasteiger partial charge in [-0.25, -0.2) is 4.98 Å². The lowest BCUT2D eigenvalue weighted by Gasteiger charge is -2.03. The summed E-state index contributed by atoms with van der Waals surface area (Å²) in [5.41, 5.74) is 1.94. The summed E-state index contributed by atoms with van der Waals surface area (Å²) in [7, 11) is 0. The average Bonchev–Trinajstić information content (AvgIpc) is 3.07. The van der Waals surface area contributed by atoms with Crippen LogP contribution >= 0.6 is 0 Å². The molecule has 6 heteroatoms. The van der Waals surface area contributed by atoms with Gasteiger partial charge < -0.3 is 9.73 Å². The third kappa shape index (κ3) is 4.25. The Kier molecular flexibility index (Phi) is 4.96. The van der Waals surface area contributed by atoms with Crippen molar-refractivity contribution in [1.82, 2.24) is 15.2 Å². The Labute approximate surface area is 140 Å². The predicted molar refractivity (Wildman–Crippen MR) is 90.3 cm³/mol. The molecule has 122 valence electrons. The Morgan fingerprint density at radius 2 is 1.96 bits per heavy atom. The first-order chi connectivity index (χ1) is 11.7. The van der Waals surface area contributed by atoms with E-state index in [4.69, 9.17) is 4.42 Å². The number of aromatic nitrogens is 3. The molecular formula is C18H18N4O2. The number of benzene rings is 1. The van der Waals surface area contributed by atoms with Gasteiger partial charge in [-0.15, -0.1) is 10.2 Å². The maximum atomic E-state index is 11.9. The molecule has 2 heterocycles. The zero-order valence-corrected chi connectivity index (χ0v) is 13.4. The Balaban J connectivity index is 1.47. The van der Waals surface area contributed by atoms with Crippen molar-refractivity contribution >= 4 is 11.7 Å². The van der Waals surface area contributed by atoms with Gasteiger partial charge >= 0.3 is 0 Å². The minimum absolute atomic E-state index is 0.0749. The molecule has 0 spiro atoms. The molecule has 0 aliphatic rings. The number of amides is 1. The normalized spacial score (nSPS) is 10.5. The van der Waals surface area contributed by atoms with Crippen molar-refractivity contribution in [3.05, 3.63) is 60.1 Å². The highest BCUT2D eigenvalue weighted by Crippen LogP contribution is 2.17. The molecule has 1 amide bonds. The van der Waals surface area contributed by atoms with Crippen molar-refractivity contribution in [3.8, 4) is 11.5 Å². The number of carbonyl (C=O) groups excluding carboxylic acids is 1. The minimum Gasteiger partial charge on any atom is -0.421 e. The van der Waals surface area contributed by atoms with Crippen LogP contribution in [0.3, 0.4) is 0 Å². The van der Waals surface area contributed by atoms with Crippen molar-refractivity contribution in [1.29, 1.82) is 0 Å². The van der Waals surface area contributed by atoms with E-state index in [0.717, 1.165) is 11.1 Å². The van der Waals surface area contributed by atoms with Crippen LogP contribution in [0.5, 0.6) is 0 Å². The van der Waals surface area contributed by atoms with Gasteiger partial charge in [-0.3, -0.25) is 4.79 Å². The first-order valence-corrected chi connectivity index (χ1v) is 7.81. The van der Waals surface area contributed by atoms with Crippen molar-refractivity contribution < 1.29 is 9.21 Å². The molecule has 0 aliphatic heterocycles. The Morgan fingerprint density at radius 1 is 1.12 bits per heavy atom. The van der Waals surface area contributed by atoms with Crippen LogP contribution < -0.4 is 5.32 Å². The van der Waals surface area contributed by atoms with Crippen molar-refractivity contribution in [2.75, 3.05) is 5.32 Å². The topological polar surface area (TPSA) is 80.9 Å². The first-order valence-electron chi connectivity index (χ1n) is 7.81. The van der Waals surface area contributed by atoms with Gasteiger partial charge in [0.1, 0.15) is 5.82 Å². The monoisotopic (exact) mass is 322 g/mol. The molecule has 0 unspecified atom stereocenters. The van der Waals surface area contributed by atoms with E-state index in [0.29, 0.717) is 36.9 Å². The Hall–Kier alpha value is -3.02. The highest BCUT2D eigenvalue weighted by atomic mass is 16.4. The number of pyridine rings is 1. The maximum absolute atomic E-state index is 11.9. The number of nitrogens with zero attached hydrogens (tertiary/aromatic N) is 3. The minimum atomic E-state index is -0.0749. The SMILES string of the molecule is Cc1ccc(NC(=O)CCCc2nnc(-c3ccccc3)o2)nc1. The number of aryl methyl sites for hydroxylation is 2. The summed E-state index contributed by atoms with van der Waals surface area (Å²) in [5.74, 6) is 1.53. The van der Waals surface area contributed by atoms with Crippen LogP contribution in [0.4, 0.5) is 5.82 Å². The summed E-state index contributed by atoms with van der Waals surface area (Å²) in [4.78, 5) is 16.0. The lowest BCUT2D eigenvalue weighted by Crippen LogP contribution is -2.12. The number of nitrogens with one attached hydrogen (secondary N) is 1. The largest absolute Gasteiger partial charge is 0.421 e. The molecule has 0 radical (unpaired) electrons. The van der Waals surface area contributed by atoms with E-state index >= 15 is 0 Å². The molecule has 0 aliphatic carbocycles.